The number of hydrogen-bond donors (Lipinski definition) is 1. The number of piperazine rings is 1. The molecule has 0 aromatic heterocycles. The number of hydrogen-bond acceptors (Lipinski definition) is 2. The molecule has 1 N–H and O–H groups in total. The van der Waals surface area contributed by atoms with Gasteiger partial charge in [-0.3, -0.25) is 9.59 Å². The molecule has 0 aromatic carbocycles. The van der Waals surface area contributed by atoms with Crippen LogP contribution in [0.1, 0.15) is 27.7 Å². The van der Waals surface area contributed by atoms with Gasteiger partial charge >= 0.3 is 0 Å². The Morgan fingerprint density at radius 2 is 2.06 bits per heavy atom. The first kappa shape index (κ1) is 12.7. The topological polar surface area (TPSA) is 49.4 Å². The summed E-state index contributed by atoms with van der Waals surface area (Å²) in [6.07, 6.45) is 1.65. The zero-order chi connectivity index (χ0) is 12.5. The van der Waals surface area contributed by atoms with E-state index < -0.39 is 11.6 Å². The summed E-state index contributed by atoms with van der Waals surface area (Å²) in [6, 6.07) is -0.390. The van der Waals surface area contributed by atoms with E-state index in [-0.39, 0.29) is 17.7 Å². The molecule has 0 aromatic rings. The standard InChI is InChI=1S/C12H20N2O2/c1-6-7-14-9(8(2)3)10(15)13-12(4,5)11(14)16/h6,8-9H,1,7H2,2-5H3,(H,13,15). The minimum atomic E-state index is -0.814. The summed E-state index contributed by atoms with van der Waals surface area (Å²) < 4.78 is 0. The summed E-state index contributed by atoms with van der Waals surface area (Å²) in [7, 11) is 0. The minimum Gasteiger partial charge on any atom is -0.340 e. The Kier molecular flexibility index (Phi) is 3.41. The van der Waals surface area contributed by atoms with E-state index in [0.717, 1.165) is 0 Å². The maximum absolute atomic E-state index is 12.2. The molecule has 2 amide bonds. The molecule has 1 saturated heterocycles. The highest BCUT2D eigenvalue weighted by atomic mass is 16.2. The fraction of sp³-hybridized carbons (Fsp3) is 0.667. The number of rotatable bonds is 3. The summed E-state index contributed by atoms with van der Waals surface area (Å²) in [6.45, 7) is 11.4. The van der Waals surface area contributed by atoms with E-state index in [2.05, 4.69) is 11.9 Å². The number of carbonyl (C=O) groups excluding carboxylic acids is 2. The van der Waals surface area contributed by atoms with Crippen molar-refractivity contribution >= 4 is 11.8 Å². The van der Waals surface area contributed by atoms with Gasteiger partial charge in [0.25, 0.3) is 0 Å². The summed E-state index contributed by atoms with van der Waals surface area (Å²) in [5, 5.41) is 2.76. The molecule has 1 fully saturated rings. The largest absolute Gasteiger partial charge is 0.340 e. The fourth-order valence-corrected chi connectivity index (χ4v) is 2.06. The van der Waals surface area contributed by atoms with Crippen LogP contribution in [-0.4, -0.2) is 34.8 Å². The molecule has 1 aliphatic rings. The monoisotopic (exact) mass is 224 g/mol. The smallest absolute Gasteiger partial charge is 0.248 e. The SMILES string of the molecule is C=CCN1C(=O)C(C)(C)NC(=O)C1C(C)C. The first-order valence-electron chi connectivity index (χ1n) is 5.55. The quantitative estimate of drug-likeness (QED) is 0.725. The molecule has 0 bridgehead atoms. The van der Waals surface area contributed by atoms with Gasteiger partial charge in [-0.25, -0.2) is 0 Å². The minimum absolute atomic E-state index is 0.0503. The number of carbonyl (C=O) groups is 2. The van der Waals surface area contributed by atoms with Crippen molar-refractivity contribution in [1.82, 2.24) is 10.2 Å². The van der Waals surface area contributed by atoms with Crippen LogP contribution in [0.3, 0.4) is 0 Å². The van der Waals surface area contributed by atoms with Crippen molar-refractivity contribution < 1.29 is 9.59 Å². The molecule has 0 aliphatic carbocycles. The van der Waals surface area contributed by atoms with Gasteiger partial charge in [0.1, 0.15) is 11.6 Å². The Morgan fingerprint density at radius 3 is 2.50 bits per heavy atom. The second-order valence-electron chi connectivity index (χ2n) is 5.05. The van der Waals surface area contributed by atoms with Gasteiger partial charge < -0.3 is 10.2 Å². The van der Waals surface area contributed by atoms with Crippen LogP contribution < -0.4 is 5.32 Å². The lowest BCUT2D eigenvalue weighted by Crippen LogP contribution is -2.69. The van der Waals surface area contributed by atoms with E-state index in [9.17, 15) is 9.59 Å². The van der Waals surface area contributed by atoms with E-state index in [0.29, 0.717) is 6.54 Å². The molecule has 1 aliphatic heterocycles. The summed E-state index contributed by atoms with van der Waals surface area (Å²) in [5.41, 5.74) is -0.814. The lowest BCUT2D eigenvalue weighted by Gasteiger charge is -2.43. The van der Waals surface area contributed by atoms with Crippen molar-refractivity contribution in [3.05, 3.63) is 12.7 Å². The van der Waals surface area contributed by atoms with Crippen molar-refractivity contribution in [3.8, 4) is 0 Å². The van der Waals surface area contributed by atoms with Crippen LogP contribution in [0, 0.1) is 5.92 Å². The molecule has 1 unspecified atom stereocenters. The summed E-state index contributed by atoms with van der Waals surface area (Å²) in [5.74, 6) is -0.0350. The van der Waals surface area contributed by atoms with E-state index in [1.54, 1.807) is 24.8 Å². The van der Waals surface area contributed by atoms with E-state index in [4.69, 9.17) is 0 Å². The molecule has 0 radical (unpaired) electrons. The molecule has 16 heavy (non-hydrogen) atoms. The van der Waals surface area contributed by atoms with Crippen LogP contribution in [-0.2, 0) is 9.59 Å². The van der Waals surface area contributed by atoms with Crippen molar-refractivity contribution in [3.63, 3.8) is 0 Å². The van der Waals surface area contributed by atoms with Gasteiger partial charge in [-0.2, -0.15) is 0 Å². The number of amides is 2. The number of nitrogens with one attached hydrogen (secondary N) is 1. The van der Waals surface area contributed by atoms with E-state index in [1.807, 2.05) is 13.8 Å². The molecular formula is C12H20N2O2. The highest BCUT2D eigenvalue weighted by Gasteiger charge is 2.45. The molecule has 90 valence electrons. The lowest BCUT2D eigenvalue weighted by atomic mass is 9.91. The maximum Gasteiger partial charge on any atom is 0.248 e. The average molecular weight is 224 g/mol. The Morgan fingerprint density at radius 1 is 1.50 bits per heavy atom. The number of nitrogens with zero attached hydrogens (tertiary/aromatic N) is 1. The lowest BCUT2D eigenvalue weighted by molar-refractivity contribution is -0.154. The molecule has 1 heterocycles. The fourth-order valence-electron chi connectivity index (χ4n) is 2.06. The molecule has 0 spiro atoms. The normalized spacial score (nSPS) is 24.6. The van der Waals surface area contributed by atoms with Crippen LogP contribution in [0.25, 0.3) is 0 Å². The van der Waals surface area contributed by atoms with Gasteiger partial charge in [0, 0.05) is 6.54 Å². The van der Waals surface area contributed by atoms with Crippen molar-refractivity contribution in [1.29, 1.82) is 0 Å². The first-order valence-corrected chi connectivity index (χ1v) is 5.55. The first-order chi connectivity index (χ1) is 7.31. The Bertz CT molecular complexity index is 321. The van der Waals surface area contributed by atoms with Crippen molar-refractivity contribution in [2.24, 2.45) is 5.92 Å². The highest BCUT2D eigenvalue weighted by Crippen LogP contribution is 2.22. The third kappa shape index (κ3) is 2.10. The third-order valence-corrected chi connectivity index (χ3v) is 2.79. The predicted molar refractivity (Wildman–Crippen MR) is 62.8 cm³/mol. The van der Waals surface area contributed by atoms with E-state index in [1.165, 1.54) is 0 Å². The highest BCUT2D eigenvalue weighted by molar-refractivity contribution is 5.99. The van der Waals surface area contributed by atoms with Gasteiger partial charge in [-0.05, 0) is 19.8 Å². The van der Waals surface area contributed by atoms with Crippen molar-refractivity contribution in [2.45, 2.75) is 39.3 Å². The Labute approximate surface area is 96.7 Å². The van der Waals surface area contributed by atoms with Crippen LogP contribution in [0.15, 0.2) is 12.7 Å². The summed E-state index contributed by atoms with van der Waals surface area (Å²) in [4.78, 5) is 25.7. The van der Waals surface area contributed by atoms with Gasteiger partial charge in [0.2, 0.25) is 11.8 Å². The summed E-state index contributed by atoms with van der Waals surface area (Å²) >= 11 is 0. The Balaban J connectivity index is 3.06. The van der Waals surface area contributed by atoms with Crippen LogP contribution in [0.5, 0.6) is 0 Å². The zero-order valence-electron chi connectivity index (χ0n) is 10.4. The van der Waals surface area contributed by atoms with Crippen LogP contribution in [0.2, 0.25) is 0 Å². The van der Waals surface area contributed by atoms with Gasteiger partial charge in [-0.15, -0.1) is 6.58 Å². The molecular weight excluding hydrogens is 204 g/mol. The molecule has 1 atom stereocenters. The van der Waals surface area contributed by atoms with Gasteiger partial charge in [0.15, 0.2) is 0 Å². The maximum atomic E-state index is 12.2. The second-order valence-corrected chi connectivity index (χ2v) is 5.05. The average Bonchev–Trinajstić information content (AvgIpc) is 2.12. The van der Waals surface area contributed by atoms with Gasteiger partial charge in [0.05, 0.1) is 0 Å². The predicted octanol–water partition coefficient (Wildman–Crippen LogP) is 0.934. The van der Waals surface area contributed by atoms with E-state index >= 15 is 0 Å². The molecule has 1 rings (SSSR count). The van der Waals surface area contributed by atoms with Crippen molar-refractivity contribution in [2.75, 3.05) is 6.54 Å². The molecule has 4 nitrogen and oxygen atoms in total. The Hall–Kier alpha value is -1.32. The van der Waals surface area contributed by atoms with Gasteiger partial charge in [-0.1, -0.05) is 19.9 Å². The second kappa shape index (κ2) is 4.28. The molecule has 4 heteroatoms. The molecule has 0 saturated carbocycles. The van der Waals surface area contributed by atoms with Crippen LogP contribution >= 0.6 is 0 Å². The third-order valence-electron chi connectivity index (χ3n) is 2.79. The zero-order valence-corrected chi connectivity index (χ0v) is 10.4. The van der Waals surface area contributed by atoms with Crippen LogP contribution in [0.4, 0.5) is 0 Å².